The van der Waals surface area contributed by atoms with Crippen LogP contribution in [-0.4, -0.2) is 48.9 Å². The number of benzene rings is 2. The van der Waals surface area contributed by atoms with Gasteiger partial charge in [0.05, 0.1) is 0 Å². The zero-order valence-electron chi connectivity index (χ0n) is 15.7. The van der Waals surface area contributed by atoms with Crippen molar-refractivity contribution in [3.05, 3.63) is 69.2 Å². The molecule has 0 saturated heterocycles. The van der Waals surface area contributed by atoms with Gasteiger partial charge in [0.25, 0.3) is 0 Å². The van der Waals surface area contributed by atoms with E-state index in [1.165, 1.54) is 0 Å². The first kappa shape index (κ1) is 20.4. The van der Waals surface area contributed by atoms with E-state index < -0.39 is 0 Å². The number of carbonyl (C=O) groups is 1. The molecule has 0 bridgehead atoms. The Balaban J connectivity index is 2.33. The Morgan fingerprint density at radius 1 is 1.00 bits per heavy atom. The van der Waals surface area contributed by atoms with E-state index in [0.29, 0.717) is 18.7 Å². The van der Waals surface area contributed by atoms with Crippen LogP contribution in [0.3, 0.4) is 0 Å². The second-order valence-electron chi connectivity index (χ2n) is 6.87. The number of ketones is 1. The summed E-state index contributed by atoms with van der Waals surface area (Å²) >= 11 is 3.40. The minimum atomic E-state index is -0.0760. The molecule has 0 saturated carbocycles. The summed E-state index contributed by atoms with van der Waals surface area (Å²) in [6, 6.07) is 11.3. The fourth-order valence-electron chi connectivity index (χ4n) is 2.67. The number of phenols is 1. The van der Waals surface area contributed by atoms with Crippen LogP contribution in [0.5, 0.6) is 5.75 Å². The Morgan fingerprint density at radius 2 is 1.50 bits per heavy atom. The molecule has 0 radical (unpaired) electrons. The predicted octanol–water partition coefficient (Wildman–Crippen LogP) is 4.17. The first-order valence-corrected chi connectivity index (χ1v) is 9.17. The van der Waals surface area contributed by atoms with Crippen LogP contribution in [-0.2, 0) is 13.1 Å². The molecule has 26 heavy (non-hydrogen) atoms. The largest absolute Gasteiger partial charge is 0.507 e. The number of rotatable bonds is 7. The van der Waals surface area contributed by atoms with Crippen LogP contribution in [0.2, 0.25) is 0 Å². The van der Waals surface area contributed by atoms with Crippen LogP contribution in [0.15, 0.2) is 46.9 Å². The number of allylic oxidation sites excluding steroid dienone is 1. The maximum Gasteiger partial charge on any atom is 0.185 e. The van der Waals surface area contributed by atoms with Gasteiger partial charge in [-0.05, 0) is 64.1 Å². The molecule has 0 amide bonds. The quantitative estimate of drug-likeness (QED) is 0.543. The molecule has 2 aromatic rings. The summed E-state index contributed by atoms with van der Waals surface area (Å²) < 4.78 is 1.00. The highest BCUT2D eigenvalue weighted by Crippen LogP contribution is 2.27. The van der Waals surface area contributed by atoms with Gasteiger partial charge < -0.3 is 14.9 Å². The van der Waals surface area contributed by atoms with Crippen molar-refractivity contribution in [2.75, 3.05) is 28.2 Å². The van der Waals surface area contributed by atoms with Gasteiger partial charge in [-0.1, -0.05) is 34.1 Å². The third kappa shape index (κ3) is 5.80. The lowest BCUT2D eigenvalue weighted by Gasteiger charge is -2.17. The molecule has 2 aromatic carbocycles. The van der Waals surface area contributed by atoms with Gasteiger partial charge in [0.2, 0.25) is 0 Å². The smallest absolute Gasteiger partial charge is 0.185 e. The van der Waals surface area contributed by atoms with Crippen molar-refractivity contribution in [2.45, 2.75) is 13.1 Å². The Morgan fingerprint density at radius 3 is 1.96 bits per heavy atom. The summed E-state index contributed by atoms with van der Waals surface area (Å²) in [7, 11) is 7.75. The molecule has 0 aliphatic carbocycles. The molecule has 138 valence electrons. The summed E-state index contributed by atoms with van der Waals surface area (Å²) in [5.74, 6) is 0.189. The number of carbonyl (C=O) groups excluding carboxylic acids is 1. The highest BCUT2D eigenvalue weighted by molar-refractivity contribution is 9.10. The maximum absolute atomic E-state index is 12.7. The van der Waals surface area contributed by atoms with Crippen LogP contribution in [0, 0.1) is 0 Å². The summed E-state index contributed by atoms with van der Waals surface area (Å²) in [6.45, 7) is 1.15. The molecule has 0 atom stereocenters. The van der Waals surface area contributed by atoms with Crippen LogP contribution in [0.4, 0.5) is 0 Å². The third-order valence-electron chi connectivity index (χ3n) is 3.82. The van der Waals surface area contributed by atoms with Gasteiger partial charge in [-0.3, -0.25) is 4.79 Å². The molecule has 0 fully saturated rings. The molecule has 5 heteroatoms. The van der Waals surface area contributed by atoms with Gasteiger partial charge in [-0.2, -0.15) is 0 Å². The Hall–Kier alpha value is -1.95. The van der Waals surface area contributed by atoms with E-state index in [9.17, 15) is 9.90 Å². The van der Waals surface area contributed by atoms with E-state index in [2.05, 4.69) is 15.9 Å². The molecule has 0 spiro atoms. The number of hydrogen-bond acceptors (Lipinski definition) is 4. The van der Waals surface area contributed by atoms with E-state index in [1.54, 1.807) is 24.3 Å². The van der Waals surface area contributed by atoms with E-state index >= 15 is 0 Å². The molecule has 0 heterocycles. The molecule has 0 aliphatic heterocycles. The second kappa shape index (κ2) is 9.12. The fraction of sp³-hybridized carbons (Fsp3) is 0.286. The van der Waals surface area contributed by atoms with E-state index in [0.717, 1.165) is 21.2 Å². The minimum Gasteiger partial charge on any atom is -0.507 e. The van der Waals surface area contributed by atoms with Crippen molar-refractivity contribution in [3.8, 4) is 5.75 Å². The third-order valence-corrected chi connectivity index (χ3v) is 4.35. The van der Waals surface area contributed by atoms with Crippen LogP contribution >= 0.6 is 15.9 Å². The monoisotopic (exact) mass is 416 g/mol. The first-order valence-electron chi connectivity index (χ1n) is 8.38. The lowest BCUT2D eigenvalue weighted by atomic mass is 10.00. The van der Waals surface area contributed by atoms with Crippen LogP contribution < -0.4 is 0 Å². The molecular weight excluding hydrogens is 392 g/mol. The Kier molecular flexibility index (Phi) is 7.14. The standard InChI is InChI=1S/C21H25BrN2O2/c1-23(2)13-17-11-16(12-18(21(17)26)14-24(3)4)20(25)10-7-15-5-8-19(22)9-6-15/h5-12,26H,13-14H2,1-4H3/b10-7-. The molecule has 0 aliphatic rings. The lowest BCUT2D eigenvalue weighted by Crippen LogP contribution is -2.15. The number of aromatic hydroxyl groups is 1. The topological polar surface area (TPSA) is 43.8 Å². The average Bonchev–Trinajstić information content (AvgIpc) is 2.56. The zero-order valence-corrected chi connectivity index (χ0v) is 17.2. The highest BCUT2D eigenvalue weighted by Gasteiger charge is 2.14. The summed E-state index contributed by atoms with van der Waals surface area (Å²) in [6.07, 6.45) is 3.38. The molecule has 4 nitrogen and oxygen atoms in total. The van der Waals surface area contributed by atoms with Crippen LogP contribution in [0.1, 0.15) is 27.0 Å². The molecule has 0 unspecified atom stereocenters. The average molecular weight is 417 g/mol. The summed E-state index contributed by atoms with van der Waals surface area (Å²) in [5, 5.41) is 10.5. The molecule has 2 rings (SSSR count). The van der Waals surface area contributed by atoms with E-state index in [-0.39, 0.29) is 11.5 Å². The first-order chi connectivity index (χ1) is 12.3. The van der Waals surface area contributed by atoms with Crippen molar-refractivity contribution in [1.29, 1.82) is 0 Å². The lowest BCUT2D eigenvalue weighted by molar-refractivity contribution is 0.104. The van der Waals surface area contributed by atoms with Crippen molar-refractivity contribution < 1.29 is 9.90 Å². The Bertz CT molecular complexity index is 765. The Labute approximate surface area is 163 Å². The van der Waals surface area contributed by atoms with Gasteiger partial charge >= 0.3 is 0 Å². The van der Waals surface area contributed by atoms with Gasteiger partial charge in [0, 0.05) is 34.3 Å². The van der Waals surface area contributed by atoms with Gasteiger partial charge in [0.15, 0.2) is 5.78 Å². The summed E-state index contributed by atoms with van der Waals surface area (Å²) in [5.41, 5.74) is 3.07. The van der Waals surface area contributed by atoms with Gasteiger partial charge in [-0.15, -0.1) is 0 Å². The van der Waals surface area contributed by atoms with Crippen molar-refractivity contribution in [3.63, 3.8) is 0 Å². The predicted molar refractivity (Wildman–Crippen MR) is 110 cm³/mol. The minimum absolute atomic E-state index is 0.0760. The summed E-state index contributed by atoms with van der Waals surface area (Å²) in [4.78, 5) is 16.6. The number of phenolic OH excluding ortho intramolecular Hbond substituents is 1. The number of hydrogen-bond donors (Lipinski definition) is 1. The SMILES string of the molecule is CN(C)Cc1cc(C(=O)/C=C\c2ccc(Br)cc2)cc(CN(C)C)c1O. The van der Waals surface area contributed by atoms with Crippen molar-refractivity contribution in [1.82, 2.24) is 9.80 Å². The fourth-order valence-corrected chi connectivity index (χ4v) is 2.93. The van der Waals surface area contributed by atoms with Crippen LogP contribution in [0.25, 0.3) is 6.08 Å². The molecular formula is C21H25BrN2O2. The van der Waals surface area contributed by atoms with Crippen molar-refractivity contribution in [2.24, 2.45) is 0 Å². The normalized spacial score (nSPS) is 11.7. The van der Waals surface area contributed by atoms with E-state index in [4.69, 9.17) is 0 Å². The second-order valence-corrected chi connectivity index (χ2v) is 7.78. The maximum atomic E-state index is 12.7. The molecule has 0 aromatic heterocycles. The zero-order chi connectivity index (χ0) is 19.3. The number of nitrogens with zero attached hydrogens (tertiary/aromatic N) is 2. The molecule has 1 N–H and O–H groups in total. The van der Waals surface area contributed by atoms with Gasteiger partial charge in [0.1, 0.15) is 5.75 Å². The van der Waals surface area contributed by atoms with Crippen molar-refractivity contribution >= 4 is 27.8 Å². The van der Waals surface area contributed by atoms with E-state index in [1.807, 2.05) is 62.3 Å². The highest BCUT2D eigenvalue weighted by atomic mass is 79.9. The number of halogens is 1. The van der Waals surface area contributed by atoms with Gasteiger partial charge in [-0.25, -0.2) is 0 Å².